The summed E-state index contributed by atoms with van der Waals surface area (Å²) in [5.74, 6) is -0.291. The number of hydrogen-bond acceptors (Lipinski definition) is 3. The van der Waals surface area contributed by atoms with Gasteiger partial charge in [0.1, 0.15) is 0 Å². The molecule has 2 N–H and O–H groups in total. The van der Waals surface area contributed by atoms with Crippen molar-refractivity contribution in [3.8, 4) is 0 Å². The van der Waals surface area contributed by atoms with Crippen molar-refractivity contribution >= 4 is 5.91 Å². The van der Waals surface area contributed by atoms with Crippen LogP contribution in [0.15, 0.2) is 18.2 Å². The molecule has 1 amide bonds. The number of carbonyl (C=O) groups excluding carboxylic acids is 1. The van der Waals surface area contributed by atoms with Crippen LogP contribution in [0.4, 0.5) is 0 Å². The lowest BCUT2D eigenvalue weighted by molar-refractivity contribution is 0.0168. The van der Waals surface area contributed by atoms with E-state index in [1.165, 1.54) is 0 Å². The van der Waals surface area contributed by atoms with E-state index in [4.69, 9.17) is 9.94 Å². The van der Waals surface area contributed by atoms with Crippen molar-refractivity contribution in [3.63, 3.8) is 0 Å². The zero-order valence-electron chi connectivity index (χ0n) is 8.91. The molecule has 4 nitrogen and oxygen atoms in total. The second kappa shape index (κ2) is 5.48. The summed E-state index contributed by atoms with van der Waals surface area (Å²) in [5, 5.41) is 8.46. The highest BCUT2D eigenvalue weighted by molar-refractivity contribution is 5.94. The minimum absolute atomic E-state index is 0.0939. The topological polar surface area (TPSA) is 58.6 Å². The maximum absolute atomic E-state index is 11.5. The molecule has 0 fully saturated rings. The normalized spacial score (nSPS) is 10.1. The molecule has 0 aromatic heterocycles. The van der Waals surface area contributed by atoms with E-state index in [0.717, 1.165) is 11.1 Å². The van der Waals surface area contributed by atoms with Crippen LogP contribution in [-0.4, -0.2) is 24.2 Å². The molecule has 0 aliphatic carbocycles. The Bertz CT molecular complexity index is 350. The van der Waals surface area contributed by atoms with Gasteiger partial charge in [-0.2, -0.15) is 0 Å². The first-order chi connectivity index (χ1) is 7.15. The standard InChI is InChI=1S/C11H15NO3/c1-8-3-4-10(9(2)7-8)11(14)12-15-6-5-13/h3-4,7,13H,5-6H2,1-2H3,(H,12,14). The predicted molar refractivity (Wildman–Crippen MR) is 56.4 cm³/mol. The Kier molecular flexibility index (Phi) is 4.27. The van der Waals surface area contributed by atoms with Gasteiger partial charge in [0.25, 0.3) is 5.91 Å². The van der Waals surface area contributed by atoms with E-state index in [1.807, 2.05) is 26.0 Å². The Morgan fingerprint density at radius 3 is 2.80 bits per heavy atom. The van der Waals surface area contributed by atoms with Crippen molar-refractivity contribution in [1.82, 2.24) is 5.48 Å². The molecule has 0 aliphatic heterocycles. The van der Waals surface area contributed by atoms with Crippen LogP contribution in [-0.2, 0) is 4.84 Å². The highest BCUT2D eigenvalue weighted by atomic mass is 16.7. The first kappa shape index (κ1) is 11.7. The number of aliphatic hydroxyl groups is 1. The smallest absolute Gasteiger partial charge is 0.275 e. The zero-order chi connectivity index (χ0) is 11.3. The Labute approximate surface area is 88.8 Å². The number of rotatable bonds is 4. The Morgan fingerprint density at radius 1 is 1.47 bits per heavy atom. The van der Waals surface area contributed by atoms with Crippen molar-refractivity contribution in [2.45, 2.75) is 13.8 Å². The summed E-state index contributed by atoms with van der Waals surface area (Å²) in [7, 11) is 0. The van der Waals surface area contributed by atoms with Crippen molar-refractivity contribution in [2.24, 2.45) is 0 Å². The zero-order valence-corrected chi connectivity index (χ0v) is 8.91. The first-order valence-electron chi connectivity index (χ1n) is 4.75. The Balaban J connectivity index is 2.65. The van der Waals surface area contributed by atoms with Gasteiger partial charge in [-0.15, -0.1) is 0 Å². The molecule has 1 rings (SSSR count). The summed E-state index contributed by atoms with van der Waals surface area (Å²) in [6, 6.07) is 5.55. The van der Waals surface area contributed by atoms with Crippen molar-refractivity contribution < 1.29 is 14.7 Å². The van der Waals surface area contributed by atoms with E-state index >= 15 is 0 Å². The van der Waals surface area contributed by atoms with E-state index in [1.54, 1.807) is 6.07 Å². The second-order valence-corrected chi connectivity index (χ2v) is 3.32. The first-order valence-corrected chi connectivity index (χ1v) is 4.75. The summed E-state index contributed by atoms with van der Waals surface area (Å²) in [5.41, 5.74) is 4.86. The molecule has 0 saturated heterocycles. The monoisotopic (exact) mass is 209 g/mol. The highest BCUT2D eigenvalue weighted by Gasteiger charge is 2.08. The third-order valence-electron chi connectivity index (χ3n) is 1.98. The third kappa shape index (κ3) is 3.34. The van der Waals surface area contributed by atoms with Crippen LogP contribution in [0.2, 0.25) is 0 Å². The molecule has 15 heavy (non-hydrogen) atoms. The van der Waals surface area contributed by atoms with Crippen LogP contribution in [0.3, 0.4) is 0 Å². The van der Waals surface area contributed by atoms with Crippen LogP contribution < -0.4 is 5.48 Å². The van der Waals surface area contributed by atoms with Crippen LogP contribution in [0, 0.1) is 13.8 Å². The number of nitrogens with one attached hydrogen (secondary N) is 1. The molecular formula is C11H15NO3. The van der Waals surface area contributed by atoms with Gasteiger partial charge in [-0.1, -0.05) is 17.7 Å². The van der Waals surface area contributed by atoms with E-state index in [2.05, 4.69) is 5.48 Å². The summed E-state index contributed by atoms with van der Waals surface area (Å²) in [4.78, 5) is 16.3. The molecule has 0 aliphatic rings. The van der Waals surface area contributed by atoms with E-state index in [0.29, 0.717) is 5.56 Å². The van der Waals surface area contributed by atoms with Gasteiger partial charge in [-0.3, -0.25) is 9.63 Å². The molecule has 0 spiro atoms. The minimum atomic E-state index is -0.291. The summed E-state index contributed by atoms with van der Waals surface area (Å²) >= 11 is 0. The van der Waals surface area contributed by atoms with Crippen LogP contribution >= 0.6 is 0 Å². The molecule has 0 bridgehead atoms. The van der Waals surface area contributed by atoms with Gasteiger partial charge in [-0.25, -0.2) is 5.48 Å². The number of aliphatic hydroxyl groups excluding tert-OH is 1. The van der Waals surface area contributed by atoms with Crippen LogP contribution in [0.1, 0.15) is 21.5 Å². The molecule has 1 aromatic carbocycles. The lowest BCUT2D eigenvalue weighted by atomic mass is 10.1. The van der Waals surface area contributed by atoms with Crippen molar-refractivity contribution in [2.75, 3.05) is 13.2 Å². The number of benzene rings is 1. The van der Waals surface area contributed by atoms with Gasteiger partial charge < -0.3 is 5.11 Å². The molecule has 1 aromatic rings. The van der Waals surface area contributed by atoms with Gasteiger partial charge in [0.05, 0.1) is 13.2 Å². The maximum atomic E-state index is 11.5. The fraction of sp³-hybridized carbons (Fsp3) is 0.364. The lowest BCUT2D eigenvalue weighted by Gasteiger charge is -2.07. The summed E-state index contributed by atoms with van der Waals surface area (Å²) in [6.07, 6.45) is 0. The van der Waals surface area contributed by atoms with Crippen LogP contribution in [0.25, 0.3) is 0 Å². The molecule has 0 unspecified atom stereocenters. The number of aryl methyl sites for hydroxylation is 2. The SMILES string of the molecule is Cc1ccc(C(=O)NOCCO)c(C)c1. The largest absolute Gasteiger partial charge is 0.394 e. The third-order valence-corrected chi connectivity index (χ3v) is 1.98. The van der Waals surface area contributed by atoms with E-state index in [-0.39, 0.29) is 19.1 Å². The maximum Gasteiger partial charge on any atom is 0.275 e. The average Bonchev–Trinajstić information content (AvgIpc) is 2.17. The molecule has 0 saturated carbocycles. The van der Waals surface area contributed by atoms with Gasteiger partial charge in [0.15, 0.2) is 0 Å². The molecular weight excluding hydrogens is 194 g/mol. The quantitative estimate of drug-likeness (QED) is 0.573. The molecule has 0 heterocycles. The van der Waals surface area contributed by atoms with Gasteiger partial charge in [0.2, 0.25) is 0 Å². The number of hydroxylamine groups is 1. The van der Waals surface area contributed by atoms with Crippen molar-refractivity contribution in [1.29, 1.82) is 0 Å². The summed E-state index contributed by atoms with van der Waals surface area (Å²) in [6.45, 7) is 3.81. The Morgan fingerprint density at radius 2 is 2.20 bits per heavy atom. The molecule has 0 radical (unpaired) electrons. The fourth-order valence-corrected chi connectivity index (χ4v) is 1.29. The van der Waals surface area contributed by atoms with Crippen molar-refractivity contribution in [3.05, 3.63) is 34.9 Å². The highest BCUT2D eigenvalue weighted by Crippen LogP contribution is 2.10. The molecule has 82 valence electrons. The number of hydrogen-bond donors (Lipinski definition) is 2. The average molecular weight is 209 g/mol. The molecule has 0 atom stereocenters. The van der Waals surface area contributed by atoms with Crippen LogP contribution in [0.5, 0.6) is 0 Å². The Hall–Kier alpha value is -1.39. The van der Waals surface area contributed by atoms with Gasteiger partial charge in [-0.05, 0) is 25.5 Å². The lowest BCUT2D eigenvalue weighted by Crippen LogP contribution is -2.25. The van der Waals surface area contributed by atoms with Gasteiger partial charge >= 0.3 is 0 Å². The van der Waals surface area contributed by atoms with E-state index < -0.39 is 0 Å². The van der Waals surface area contributed by atoms with E-state index in [9.17, 15) is 4.79 Å². The minimum Gasteiger partial charge on any atom is -0.394 e. The summed E-state index contributed by atoms with van der Waals surface area (Å²) < 4.78 is 0. The number of carbonyl (C=O) groups is 1. The number of amides is 1. The van der Waals surface area contributed by atoms with Gasteiger partial charge in [0, 0.05) is 5.56 Å². The fourth-order valence-electron chi connectivity index (χ4n) is 1.29. The predicted octanol–water partition coefficient (Wildman–Crippen LogP) is 0.957. The molecule has 4 heteroatoms. The second-order valence-electron chi connectivity index (χ2n) is 3.32.